The van der Waals surface area contributed by atoms with Gasteiger partial charge in [-0.05, 0) is 18.6 Å². The van der Waals surface area contributed by atoms with Crippen LogP contribution in [-0.2, 0) is 14.3 Å². The molecular formula is C14H15NO4. The summed E-state index contributed by atoms with van der Waals surface area (Å²) in [6.07, 6.45) is 1.73. The maximum absolute atomic E-state index is 11.8. The molecule has 1 aromatic rings. The second-order valence-corrected chi connectivity index (χ2v) is 3.64. The zero-order chi connectivity index (χ0) is 14.3. The third-order valence-electron chi connectivity index (χ3n) is 2.20. The molecule has 0 aliphatic carbocycles. The second kappa shape index (κ2) is 7.10. The largest absolute Gasteiger partial charge is 0.449 e. The highest BCUT2D eigenvalue weighted by Gasteiger charge is 2.24. The van der Waals surface area contributed by atoms with Crippen molar-refractivity contribution in [3.63, 3.8) is 0 Å². The summed E-state index contributed by atoms with van der Waals surface area (Å²) in [5.74, 6) is -1.41. The fourth-order valence-corrected chi connectivity index (χ4v) is 1.37. The summed E-state index contributed by atoms with van der Waals surface area (Å²) >= 11 is 0. The molecule has 0 heterocycles. The Morgan fingerprint density at radius 1 is 1.21 bits per heavy atom. The quantitative estimate of drug-likeness (QED) is 0.783. The molecular weight excluding hydrogens is 246 g/mol. The van der Waals surface area contributed by atoms with Crippen molar-refractivity contribution in [2.24, 2.45) is 0 Å². The van der Waals surface area contributed by atoms with E-state index in [0.29, 0.717) is 4.90 Å². The normalized spacial score (nSPS) is 10.2. The molecule has 0 unspecified atom stereocenters. The molecule has 0 saturated heterocycles. The zero-order valence-electron chi connectivity index (χ0n) is 10.8. The average molecular weight is 261 g/mol. The number of hydrogen-bond acceptors (Lipinski definition) is 4. The fourth-order valence-electron chi connectivity index (χ4n) is 1.37. The molecule has 0 atom stereocenters. The van der Waals surface area contributed by atoms with Crippen LogP contribution < -0.4 is 0 Å². The first-order valence-corrected chi connectivity index (χ1v) is 5.80. The highest BCUT2D eigenvalue weighted by molar-refractivity contribution is 6.12. The summed E-state index contributed by atoms with van der Waals surface area (Å²) < 4.78 is 4.65. The Balaban J connectivity index is 2.81. The highest BCUT2D eigenvalue weighted by Crippen LogP contribution is 2.03. The first kappa shape index (κ1) is 14.6. The van der Waals surface area contributed by atoms with Crippen LogP contribution in [0.25, 0.3) is 6.08 Å². The molecule has 5 heteroatoms. The number of benzene rings is 1. The van der Waals surface area contributed by atoms with Crippen LogP contribution in [0, 0.1) is 0 Å². The summed E-state index contributed by atoms with van der Waals surface area (Å²) in [5, 5.41) is 0. The van der Waals surface area contributed by atoms with Gasteiger partial charge in [-0.15, -0.1) is 0 Å². The molecule has 0 bridgehead atoms. The summed E-state index contributed by atoms with van der Waals surface area (Å²) in [6, 6.07) is 9.08. The Morgan fingerprint density at radius 3 is 2.37 bits per heavy atom. The summed E-state index contributed by atoms with van der Waals surface area (Å²) in [7, 11) is 0. The first-order valence-electron chi connectivity index (χ1n) is 5.80. The molecule has 0 N–H and O–H groups in total. The Kier molecular flexibility index (Phi) is 5.47. The summed E-state index contributed by atoms with van der Waals surface area (Å²) in [6.45, 7) is 2.82. The van der Waals surface area contributed by atoms with Gasteiger partial charge in [-0.2, -0.15) is 4.90 Å². The van der Waals surface area contributed by atoms with Crippen LogP contribution in [0.15, 0.2) is 36.4 Å². The predicted molar refractivity (Wildman–Crippen MR) is 70.0 cm³/mol. The van der Waals surface area contributed by atoms with Crippen LogP contribution in [0.2, 0.25) is 0 Å². The van der Waals surface area contributed by atoms with Gasteiger partial charge in [0.25, 0.3) is 5.91 Å². The number of imide groups is 3. The lowest BCUT2D eigenvalue weighted by Gasteiger charge is -2.14. The molecule has 0 aromatic heterocycles. The smallest absolute Gasteiger partial charge is 0.423 e. The second-order valence-electron chi connectivity index (χ2n) is 3.64. The van der Waals surface area contributed by atoms with Crippen LogP contribution in [-0.4, -0.2) is 29.4 Å². The lowest BCUT2D eigenvalue weighted by atomic mass is 10.2. The monoisotopic (exact) mass is 261 g/mol. The van der Waals surface area contributed by atoms with Crippen molar-refractivity contribution >= 4 is 24.0 Å². The highest BCUT2D eigenvalue weighted by atomic mass is 16.6. The van der Waals surface area contributed by atoms with Crippen LogP contribution in [0.3, 0.4) is 0 Å². The maximum Gasteiger partial charge on any atom is 0.423 e. The molecule has 5 nitrogen and oxygen atoms in total. The minimum atomic E-state index is -0.960. The van der Waals surface area contributed by atoms with Crippen molar-refractivity contribution in [3.05, 3.63) is 42.0 Å². The van der Waals surface area contributed by atoms with Gasteiger partial charge in [0.2, 0.25) is 5.91 Å². The van der Waals surface area contributed by atoms with E-state index >= 15 is 0 Å². The van der Waals surface area contributed by atoms with Crippen molar-refractivity contribution < 1.29 is 19.1 Å². The molecule has 0 spiro atoms. The van der Waals surface area contributed by atoms with Crippen molar-refractivity contribution in [3.8, 4) is 0 Å². The van der Waals surface area contributed by atoms with Crippen molar-refractivity contribution in [1.29, 1.82) is 0 Å². The van der Waals surface area contributed by atoms with Crippen molar-refractivity contribution in [2.45, 2.75) is 13.8 Å². The summed E-state index contributed by atoms with van der Waals surface area (Å²) in [4.78, 5) is 35.0. The van der Waals surface area contributed by atoms with Gasteiger partial charge in [0.05, 0.1) is 6.61 Å². The average Bonchev–Trinajstić information content (AvgIpc) is 2.37. The molecule has 19 heavy (non-hydrogen) atoms. The van der Waals surface area contributed by atoms with E-state index in [9.17, 15) is 14.4 Å². The van der Waals surface area contributed by atoms with Crippen LogP contribution >= 0.6 is 0 Å². The van der Waals surface area contributed by atoms with Crippen molar-refractivity contribution in [1.82, 2.24) is 4.90 Å². The lowest BCUT2D eigenvalue weighted by Crippen LogP contribution is -2.39. The SMILES string of the molecule is CCOC(=O)N(C(C)=O)C(=O)/C=C/c1ccccc1. The Labute approximate surface area is 111 Å². The predicted octanol–water partition coefficient (Wildman–Crippen LogP) is 2.23. The van der Waals surface area contributed by atoms with Gasteiger partial charge in [-0.3, -0.25) is 9.59 Å². The number of ether oxygens (including phenoxy) is 1. The number of carbonyl (C=O) groups excluding carboxylic acids is 3. The molecule has 0 saturated carbocycles. The number of carbonyl (C=O) groups is 3. The molecule has 1 rings (SSSR count). The topological polar surface area (TPSA) is 63.7 Å². The van der Waals surface area contributed by atoms with Crippen LogP contribution in [0.4, 0.5) is 4.79 Å². The van der Waals surface area contributed by atoms with Gasteiger partial charge < -0.3 is 4.74 Å². The molecule has 0 aliphatic heterocycles. The molecule has 0 radical (unpaired) electrons. The van der Waals surface area contributed by atoms with E-state index in [1.165, 1.54) is 6.08 Å². The fraction of sp³-hybridized carbons (Fsp3) is 0.214. The third kappa shape index (κ3) is 4.39. The maximum atomic E-state index is 11.8. The van der Waals surface area contributed by atoms with Gasteiger partial charge in [-0.1, -0.05) is 30.3 Å². The Morgan fingerprint density at radius 2 is 1.84 bits per heavy atom. The molecule has 3 amide bonds. The number of nitrogens with zero attached hydrogens (tertiary/aromatic N) is 1. The molecule has 0 fully saturated rings. The van der Waals surface area contributed by atoms with E-state index in [0.717, 1.165) is 18.6 Å². The van der Waals surface area contributed by atoms with Gasteiger partial charge in [0.15, 0.2) is 0 Å². The third-order valence-corrected chi connectivity index (χ3v) is 2.20. The minimum Gasteiger partial charge on any atom is -0.449 e. The van der Waals surface area contributed by atoms with Crippen molar-refractivity contribution in [2.75, 3.05) is 6.61 Å². The van der Waals surface area contributed by atoms with Crippen LogP contribution in [0.1, 0.15) is 19.4 Å². The zero-order valence-corrected chi connectivity index (χ0v) is 10.8. The standard InChI is InChI=1S/C14H15NO4/c1-3-19-14(18)15(11(2)16)13(17)10-9-12-7-5-4-6-8-12/h4-10H,3H2,1-2H3/b10-9+. The summed E-state index contributed by atoms with van der Waals surface area (Å²) in [5.41, 5.74) is 0.795. The van der Waals surface area contributed by atoms with Gasteiger partial charge >= 0.3 is 6.09 Å². The number of amides is 3. The Hall–Kier alpha value is -2.43. The number of rotatable bonds is 3. The van der Waals surface area contributed by atoms with E-state index in [2.05, 4.69) is 4.74 Å². The Bertz CT molecular complexity index is 493. The van der Waals surface area contributed by atoms with E-state index in [4.69, 9.17) is 0 Å². The molecule has 100 valence electrons. The lowest BCUT2D eigenvalue weighted by molar-refractivity contribution is -0.138. The van der Waals surface area contributed by atoms with Gasteiger partial charge in [-0.25, -0.2) is 4.79 Å². The number of hydrogen-bond donors (Lipinski definition) is 0. The minimum absolute atomic E-state index is 0.0955. The van der Waals surface area contributed by atoms with E-state index in [1.807, 2.05) is 18.2 Å². The van der Waals surface area contributed by atoms with Gasteiger partial charge in [0.1, 0.15) is 0 Å². The van der Waals surface area contributed by atoms with E-state index in [1.54, 1.807) is 19.1 Å². The first-order chi connectivity index (χ1) is 9.06. The van der Waals surface area contributed by atoms with E-state index < -0.39 is 17.9 Å². The molecule has 1 aromatic carbocycles. The van der Waals surface area contributed by atoms with E-state index in [-0.39, 0.29) is 6.61 Å². The van der Waals surface area contributed by atoms with Gasteiger partial charge in [0, 0.05) is 13.0 Å². The van der Waals surface area contributed by atoms with Crippen LogP contribution in [0.5, 0.6) is 0 Å². The molecule has 0 aliphatic rings.